The van der Waals surface area contributed by atoms with E-state index < -0.39 is 0 Å². The molecular formula is C23H27FN6O. The first-order chi connectivity index (χ1) is 14.9. The number of aliphatic imine (C=N–C) groups is 1. The van der Waals surface area contributed by atoms with Crippen molar-refractivity contribution < 1.29 is 9.13 Å². The summed E-state index contributed by atoms with van der Waals surface area (Å²) in [6, 6.07) is 1.89. The molecule has 1 aliphatic heterocycles. The van der Waals surface area contributed by atoms with Crippen molar-refractivity contribution in [3.8, 4) is 16.9 Å². The average Bonchev–Trinajstić information content (AvgIpc) is 3.03. The number of halogens is 1. The second-order valence-corrected chi connectivity index (χ2v) is 7.94. The standard InChI is InChI=1S/C23H27FN6O/c1-4-18-22-14-9-21(23(26)27-11-14)31-12-15-8-16(24)5-6-19(15)28-17(7-13(2)25)10-20(22)30(3)29-18/h5-7,9,11,15H,4,8,10,12,25H2,1-3H3,(H2,26,27). The molecule has 1 aliphatic carbocycles. The predicted molar refractivity (Wildman–Crippen MR) is 120 cm³/mol. The van der Waals surface area contributed by atoms with Crippen LogP contribution in [0.5, 0.6) is 5.75 Å². The van der Waals surface area contributed by atoms with Gasteiger partial charge in [0.15, 0.2) is 11.6 Å². The van der Waals surface area contributed by atoms with Crippen LogP contribution < -0.4 is 16.2 Å². The summed E-state index contributed by atoms with van der Waals surface area (Å²) in [5, 5.41) is 4.72. The number of hydrogen-bond donors (Lipinski definition) is 2. The van der Waals surface area contributed by atoms with Gasteiger partial charge in [-0.05, 0) is 37.6 Å². The highest BCUT2D eigenvalue weighted by atomic mass is 19.1. The van der Waals surface area contributed by atoms with E-state index in [-0.39, 0.29) is 24.8 Å². The van der Waals surface area contributed by atoms with E-state index in [9.17, 15) is 4.39 Å². The second kappa shape index (κ2) is 8.37. The van der Waals surface area contributed by atoms with Gasteiger partial charge in [-0.1, -0.05) is 6.92 Å². The molecule has 1 atom stereocenters. The third-order valence-electron chi connectivity index (χ3n) is 5.49. The molecule has 2 aliphatic rings. The second-order valence-electron chi connectivity index (χ2n) is 7.94. The molecule has 0 spiro atoms. The number of nitrogens with zero attached hydrogens (tertiary/aromatic N) is 4. The molecular weight excluding hydrogens is 395 g/mol. The summed E-state index contributed by atoms with van der Waals surface area (Å²) in [5.41, 5.74) is 18.1. The minimum absolute atomic E-state index is 0.201. The van der Waals surface area contributed by atoms with Gasteiger partial charge in [-0.15, -0.1) is 0 Å². The number of fused-ring (bicyclic) bond motifs is 5. The largest absolute Gasteiger partial charge is 0.489 e. The maximum Gasteiger partial charge on any atom is 0.166 e. The Morgan fingerprint density at radius 2 is 2.19 bits per heavy atom. The lowest BCUT2D eigenvalue weighted by molar-refractivity contribution is 0.260. The van der Waals surface area contributed by atoms with Crippen molar-refractivity contribution in [3.05, 3.63) is 59.1 Å². The lowest BCUT2D eigenvalue weighted by Crippen LogP contribution is -2.19. The molecule has 31 heavy (non-hydrogen) atoms. The van der Waals surface area contributed by atoms with Gasteiger partial charge in [0.05, 0.1) is 18.0 Å². The third-order valence-corrected chi connectivity index (χ3v) is 5.49. The van der Waals surface area contributed by atoms with Crippen molar-refractivity contribution >= 4 is 11.5 Å². The smallest absolute Gasteiger partial charge is 0.166 e. The van der Waals surface area contributed by atoms with Crippen LogP contribution in [-0.4, -0.2) is 27.1 Å². The lowest BCUT2D eigenvalue weighted by Gasteiger charge is -2.22. The van der Waals surface area contributed by atoms with Crippen molar-refractivity contribution in [2.24, 2.45) is 23.7 Å². The van der Waals surface area contributed by atoms with Gasteiger partial charge in [-0.2, -0.15) is 5.10 Å². The summed E-state index contributed by atoms with van der Waals surface area (Å²) < 4.78 is 21.9. The zero-order valence-electron chi connectivity index (χ0n) is 18.0. The van der Waals surface area contributed by atoms with Gasteiger partial charge < -0.3 is 16.2 Å². The third kappa shape index (κ3) is 4.23. The molecule has 2 aromatic heterocycles. The number of allylic oxidation sites excluding steroid dienone is 5. The van der Waals surface area contributed by atoms with E-state index in [0.717, 1.165) is 40.3 Å². The quantitative estimate of drug-likeness (QED) is 0.769. The first-order valence-corrected chi connectivity index (χ1v) is 10.4. The molecule has 0 amide bonds. The number of nitrogens with two attached hydrogens (primary N) is 2. The fourth-order valence-electron chi connectivity index (χ4n) is 4.02. The van der Waals surface area contributed by atoms with E-state index in [1.165, 1.54) is 6.08 Å². The highest BCUT2D eigenvalue weighted by molar-refractivity contribution is 5.98. The Labute approximate surface area is 181 Å². The highest BCUT2D eigenvalue weighted by Crippen LogP contribution is 2.35. The number of aromatic nitrogens is 3. The molecule has 162 valence electrons. The predicted octanol–water partition coefficient (Wildman–Crippen LogP) is 3.62. The Bertz CT molecular complexity index is 1140. The topological polar surface area (TPSA) is 104 Å². The Kier molecular flexibility index (Phi) is 5.63. The summed E-state index contributed by atoms with van der Waals surface area (Å²) in [5.74, 6) is 0.331. The first-order valence-electron chi connectivity index (χ1n) is 10.4. The van der Waals surface area contributed by atoms with Gasteiger partial charge in [-0.3, -0.25) is 9.67 Å². The molecule has 2 bridgehead atoms. The van der Waals surface area contributed by atoms with Crippen molar-refractivity contribution in [2.75, 3.05) is 12.3 Å². The minimum Gasteiger partial charge on any atom is -0.489 e. The van der Waals surface area contributed by atoms with Crippen LogP contribution in [0.2, 0.25) is 0 Å². The van der Waals surface area contributed by atoms with Gasteiger partial charge in [0, 0.05) is 60.2 Å². The molecule has 0 fully saturated rings. The van der Waals surface area contributed by atoms with Crippen LogP contribution >= 0.6 is 0 Å². The fraction of sp³-hybridized carbons (Fsp3) is 0.348. The van der Waals surface area contributed by atoms with Gasteiger partial charge >= 0.3 is 0 Å². The molecule has 8 heteroatoms. The Morgan fingerprint density at radius 3 is 2.94 bits per heavy atom. The van der Waals surface area contributed by atoms with Crippen LogP contribution in [0.4, 0.5) is 10.2 Å². The summed E-state index contributed by atoms with van der Waals surface area (Å²) in [7, 11) is 1.92. The van der Waals surface area contributed by atoms with Crippen molar-refractivity contribution in [3.63, 3.8) is 0 Å². The number of aryl methyl sites for hydroxylation is 2. The van der Waals surface area contributed by atoms with Crippen LogP contribution in [0.15, 0.2) is 52.7 Å². The van der Waals surface area contributed by atoms with Gasteiger partial charge in [0.2, 0.25) is 0 Å². The average molecular weight is 423 g/mol. The van der Waals surface area contributed by atoms with Crippen LogP contribution in [0.1, 0.15) is 31.7 Å². The minimum atomic E-state index is -0.244. The SMILES string of the molecule is CCc1nn(C)c2c1-c1cnc(N)c(c1)OCC1CC(F)=CC=C1N=C(C=C(C)N)C2. The molecule has 0 saturated heterocycles. The maximum atomic E-state index is 14.0. The molecule has 2 aromatic rings. The lowest BCUT2D eigenvalue weighted by atomic mass is 9.95. The van der Waals surface area contributed by atoms with E-state index in [0.29, 0.717) is 23.7 Å². The summed E-state index contributed by atoms with van der Waals surface area (Å²) >= 11 is 0. The first kappa shape index (κ1) is 20.8. The normalized spacial score (nSPS) is 19.0. The summed E-state index contributed by atoms with van der Waals surface area (Å²) in [6.07, 6.45) is 8.26. The van der Waals surface area contributed by atoms with Crippen LogP contribution in [-0.2, 0) is 19.9 Å². The highest BCUT2D eigenvalue weighted by Gasteiger charge is 2.25. The summed E-state index contributed by atoms with van der Waals surface area (Å²) in [4.78, 5) is 9.23. The number of rotatable bonds is 2. The van der Waals surface area contributed by atoms with Gasteiger partial charge in [0.25, 0.3) is 0 Å². The van der Waals surface area contributed by atoms with Gasteiger partial charge in [0.1, 0.15) is 5.83 Å². The molecule has 4 rings (SSSR count). The Hall–Kier alpha value is -3.42. The van der Waals surface area contributed by atoms with E-state index in [2.05, 4.69) is 11.9 Å². The van der Waals surface area contributed by atoms with Crippen molar-refractivity contribution in [1.29, 1.82) is 0 Å². The molecule has 3 heterocycles. The van der Waals surface area contributed by atoms with Crippen LogP contribution in [0.3, 0.4) is 0 Å². The maximum absolute atomic E-state index is 14.0. The molecule has 0 aromatic carbocycles. The van der Waals surface area contributed by atoms with Crippen molar-refractivity contribution in [1.82, 2.24) is 14.8 Å². The van der Waals surface area contributed by atoms with E-state index in [1.807, 2.05) is 30.8 Å². The molecule has 4 N–H and O–H groups in total. The summed E-state index contributed by atoms with van der Waals surface area (Å²) in [6.45, 7) is 4.13. The zero-order valence-corrected chi connectivity index (χ0v) is 18.0. The molecule has 0 radical (unpaired) electrons. The van der Waals surface area contributed by atoms with Crippen LogP contribution in [0.25, 0.3) is 11.1 Å². The fourth-order valence-corrected chi connectivity index (χ4v) is 4.02. The van der Waals surface area contributed by atoms with E-state index >= 15 is 0 Å². The Balaban J connectivity index is 1.95. The molecule has 7 nitrogen and oxygen atoms in total. The molecule has 1 unspecified atom stereocenters. The monoisotopic (exact) mass is 422 g/mol. The molecule has 0 saturated carbocycles. The van der Waals surface area contributed by atoms with Crippen LogP contribution in [0, 0.1) is 5.92 Å². The zero-order chi connectivity index (χ0) is 22.1. The van der Waals surface area contributed by atoms with E-state index in [1.54, 1.807) is 12.3 Å². The number of nitrogen functional groups attached to an aromatic ring is 1. The van der Waals surface area contributed by atoms with Gasteiger partial charge in [-0.25, -0.2) is 9.37 Å². The van der Waals surface area contributed by atoms with Crippen molar-refractivity contribution in [2.45, 2.75) is 33.1 Å². The van der Waals surface area contributed by atoms with E-state index in [4.69, 9.17) is 26.3 Å². The Morgan fingerprint density at radius 1 is 1.39 bits per heavy atom. The number of ether oxygens (including phenoxy) is 1. The number of anilines is 1. The number of pyridine rings is 1. The number of hydrogen-bond acceptors (Lipinski definition) is 6.